The summed E-state index contributed by atoms with van der Waals surface area (Å²) >= 11 is 0. The summed E-state index contributed by atoms with van der Waals surface area (Å²) in [6.45, 7) is 4.50. The van der Waals surface area contributed by atoms with Crippen molar-refractivity contribution >= 4 is 5.91 Å². The van der Waals surface area contributed by atoms with Crippen molar-refractivity contribution in [3.05, 3.63) is 18.2 Å². The van der Waals surface area contributed by atoms with E-state index in [-0.39, 0.29) is 17.9 Å². The van der Waals surface area contributed by atoms with Gasteiger partial charge in [0.1, 0.15) is 5.82 Å². The lowest BCUT2D eigenvalue weighted by Gasteiger charge is -2.36. The summed E-state index contributed by atoms with van der Waals surface area (Å²) in [5, 5.41) is 0. The van der Waals surface area contributed by atoms with Crippen LogP contribution in [-0.2, 0) is 9.53 Å². The van der Waals surface area contributed by atoms with Crippen molar-refractivity contribution in [2.75, 3.05) is 19.7 Å². The number of piperidine rings is 1. The van der Waals surface area contributed by atoms with Crippen LogP contribution in [-0.4, -0.2) is 46.6 Å². The number of rotatable bonds is 2. The van der Waals surface area contributed by atoms with Crippen LogP contribution >= 0.6 is 0 Å². The zero-order valence-corrected chi connectivity index (χ0v) is 12.0. The molecule has 110 valence electrons. The molecule has 3 heterocycles. The van der Waals surface area contributed by atoms with Gasteiger partial charge in [-0.3, -0.25) is 4.79 Å². The summed E-state index contributed by atoms with van der Waals surface area (Å²) in [5.41, 5.74) is 0. The van der Waals surface area contributed by atoms with Crippen LogP contribution in [0.4, 0.5) is 0 Å². The summed E-state index contributed by atoms with van der Waals surface area (Å²) in [7, 11) is 0. The molecule has 0 aromatic carbocycles. The Morgan fingerprint density at radius 1 is 1.40 bits per heavy atom. The number of aromatic amines is 1. The van der Waals surface area contributed by atoms with E-state index in [0.29, 0.717) is 5.92 Å². The summed E-state index contributed by atoms with van der Waals surface area (Å²) in [4.78, 5) is 22.1. The largest absolute Gasteiger partial charge is 0.378 e. The third-order valence-electron chi connectivity index (χ3n) is 4.64. The minimum absolute atomic E-state index is 0.0592. The number of aromatic nitrogens is 2. The maximum atomic E-state index is 12.6. The molecule has 1 N–H and O–H groups in total. The third kappa shape index (κ3) is 2.73. The molecule has 2 aliphatic rings. The van der Waals surface area contributed by atoms with Crippen LogP contribution in [0.25, 0.3) is 0 Å². The lowest BCUT2D eigenvalue weighted by atomic mass is 9.91. The monoisotopic (exact) mass is 277 g/mol. The predicted molar refractivity (Wildman–Crippen MR) is 75.3 cm³/mol. The van der Waals surface area contributed by atoms with Crippen molar-refractivity contribution < 1.29 is 9.53 Å². The molecule has 1 amide bonds. The van der Waals surface area contributed by atoms with Crippen LogP contribution in [0.5, 0.6) is 0 Å². The Morgan fingerprint density at radius 2 is 2.20 bits per heavy atom. The summed E-state index contributed by atoms with van der Waals surface area (Å²) in [6, 6.07) is 0. The van der Waals surface area contributed by atoms with Gasteiger partial charge in [0.25, 0.3) is 0 Å². The highest BCUT2D eigenvalue weighted by Crippen LogP contribution is 2.28. The van der Waals surface area contributed by atoms with Crippen LogP contribution in [0.2, 0.25) is 0 Å². The maximum absolute atomic E-state index is 12.6. The molecule has 0 bridgehead atoms. The molecule has 5 nitrogen and oxygen atoms in total. The van der Waals surface area contributed by atoms with E-state index in [9.17, 15) is 4.79 Å². The highest BCUT2D eigenvalue weighted by Gasteiger charge is 2.34. The van der Waals surface area contributed by atoms with Crippen molar-refractivity contribution in [2.45, 2.75) is 44.6 Å². The van der Waals surface area contributed by atoms with E-state index in [0.717, 1.165) is 51.2 Å². The topological polar surface area (TPSA) is 58.2 Å². The van der Waals surface area contributed by atoms with Gasteiger partial charge in [-0.25, -0.2) is 4.98 Å². The van der Waals surface area contributed by atoms with Gasteiger partial charge in [0, 0.05) is 38.0 Å². The number of likely N-dealkylation sites (tertiary alicyclic amines) is 1. The maximum Gasteiger partial charge on any atom is 0.228 e. The lowest BCUT2D eigenvalue weighted by Crippen LogP contribution is -2.46. The molecular formula is C15H23N3O2. The lowest BCUT2D eigenvalue weighted by molar-refractivity contribution is -0.145. The average molecular weight is 277 g/mol. The van der Waals surface area contributed by atoms with E-state index in [4.69, 9.17) is 4.74 Å². The number of nitrogens with zero attached hydrogens (tertiary/aromatic N) is 2. The number of carbonyl (C=O) groups is 1. The fraction of sp³-hybridized carbons (Fsp3) is 0.733. The first-order chi connectivity index (χ1) is 9.75. The molecule has 5 heteroatoms. The van der Waals surface area contributed by atoms with E-state index in [1.165, 1.54) is 0 Å². The highest BCUT2D eigenvalue weighted by atomic mass is 16.5. The minimum Gasteiger partial charge on any atom is -0.378 e. The second-order valence-electron chi connectivity index (χ2n) is 5.90. The third-order valence-corrected chi connectivity index (χ3v) is 4.64. The zero-order chi connectivity index (χ0) is 13.9. The molecule has 2 atom stereocenters. The molecule has 1 aromatic rings. The van der Waals surface area contributed by atoms with E-state index in [1.807, 2.05) is 18.0 Å². The second-order valence-corrected chi connectivity index (χ2v) is 5.90. The SMILES string of the molecule is C[C@H]1OCCC[C@H]1C(=O)N1CCC(c2ncc[nH]2)CC1. The van der Waals surface area contributed by atoms with Crippen LogP contribution in [0.1, 0.15) is 44.3 Å². The molecule has 0 aliphatic carbocycles. The molecule has 2 fully saturated rings. The molecule has 0 radical (unpaired) electrons. The fourth-order valence-electron chi connectivity index (χ4n) is 3.36. The number of carbonyl (C=O) groups excluding carboxylic acids is 1. The van der Waals surface area contributed by atoms with Gasteiger partial charge >= 0.3 is 0 Å². The van der Waals surface area contributed by atoms with Crippen LogP contribution < -0.4 is 0 Å². The zero-order valence-electron chi connectivity index (χ0n) is 12.0. The Morgan fingerprint density at radius 3 is 2.85 bits per heavy atom. The second kappa shape index (κ2) is 5.95. The molecule has 0 spiro atoms. The molecule has 3 rings (SSSR count). The Bertz CT molecular complexity index is 438. The molecular weight excluding hydrogens is 254 g/mol. The fourth-order valence-corrected chi connectivity index (χ4v) is 3.36. The van der Waals surface area contributed by atoms with Gasteiger partial charge in [-0.2, -0.15) is 0 Å². The van der Waals surface area contributed by atoms with Crippen LogP contribution in [0, 0.1) is 5.92 Å². The standard InChI is InChI=1S/C15H23N3O2/c1-11-13(3-2-10-20-11)15(19)18-8-4-12(5-9-18)14-16-6-7-17-14/h6-7,11-13H,2-5,8-10H2,1H3,(H,16,17)/t11-,13-/m1/s1. The Kier molecular flexibility index (Phi) is 4.05. The Balaban J connectivity index is 1.56. The van der Waals surface area contributed by atoms with Crippen LogP contribution in [0.3, 0.4) is 0 Å². The number of hydrogen-bond donors (Lipinski definition) is 1. The first-order valence-corrected chi connectivity index (χ1v) is 7.65. The smallest absolute Gasteiger partial charge is 0.228 e. The normalized spacial score (nSPS) is 28.6. The van der Waals surface area contributed by atoms with Gasteiger partial charge < -0.3 is 14.6 Å². The molecule has 2 aliphatic heterocycles. The first kappa shape index (κ1) is 13.6. The van der Waals surface area contributed by atoms with Gasteiger partial charge in [0.15, 0.2) is 0 Å². The Hall–Kier alpha value is -1.36. The summed E-state index contributed by atoms with van der Waals surface area (Å²) < 4.78 is 5.62. The van der Waals surface area contributed by atoms with E-state index >= 15 is 0 Å². The summed E-state index contributed by atoms with van der Waals surface area (Å²) in [5.74, 6) is 1.87. The van der Waals surface area contributed by atoms with Crippen LogP contribution in [0.15, 0.2) is 12.4 Å². The van der Waals surface area contributed by atoms with Gasteiger partial charge in [0.05, 0.1) is 12.0 Å². The van der Waals surface area contributed by atoms with Crippen molar-refractivity contribution in [2.24, 2.45) is 5.92 Å². The highest BCUT2D eigenvalue weighted by molar-refractivity contribution is 5.79. The van der Waals surface area contributed by atoms with E-state index in [2.05, 4.69) is 9.97 Å². The Labute approximate surface area is 119 Å². The van der Waals surface area contributed by atoms with E-state index in [1.54, 1.807) is 6.20 Å². The number of imidazole rings is 1. The molecule has 2 saturated heterocycles. The van der Waals surface area contributed by atoms with Crippen molar-refractivity contribution in [3.8, 4) is 0 Å². The molecule has 0 saturated carbocycles. The molecule has 1 aromatic heterocycles. The average Bonchev–Trinajstić information content (AvgIpc) is 3.01. The molecule has 0 unspecified atom stereocenters. The van der Waals surface area contributed by atoms with Gasteiger partial charge in [-0.05, 0) is 32.6 Å². The van der Waals surface area contributed by atoms with Gasteiger partial charge in [-0.1, -0.05) is 0 Å². The number of nitrogens with one attached hydrogen (secondary N) is 1. The summed E-state index contributed by atoms with van der Waals surface area (Å²) in [6.07, 6.45) is 7.71. The van der Waals surface area contributed by atoms with Gasteiger partial charge in [0.2, 0.25) is 5.91 Å². The first-order valence-electron chi connectivity index (χ1n) is 7.65. The quantitative estimate of drug-likeness (QED) is 0.898. The van der Waals surface area contributed by atoms with Gasteiger partial charge in [-0.15, -0.1) is 0 Å². The van der Waals surface area contributed by atoms with Crippen molar-refractivity contribution in [1.82, 2.24) is 14.9 Å². The number of ether oxygens (including phenoxy) is 1. The van der Waals surface area contributed by atoms with Crippen molar-refractivity contribution in [3.63, 3.8) is 0 Å². The predicted octanol–water partition coefficient (Wildman–Crippen LogP) is 1.93. The number of H-pyrrole nitrogens is 1. The molecule has 20 heavy (non-hydrogen) atoms. The van der Waals surface area contributed by atoms with Crippen molar-refractivity contribution in [1.29, 1.82) is 0 Å². The minimum atomic E-state index is 0.0592. The number of hydrogen-bond acceptors (Lipinski definition) is 3. The number of amides is 1. The van der Waals surface area contributed by atoms with E-state index < -0.39 is 0 Å².